The molecule has 2 aromatic rings. The molecule has 0 spiro atoms. The Balaban J connectivity index is 0.00000442. The van der Waals surface area contributed by atoms with Crippen LogP contribution < -0.4 is 10.6 Å². The number of ether oxygens (including phenoxy) is 2. The number of imide groups is 1. The van der Waals surface area contributed by atoms with Gasteiger partial charge >= 0.3 is 18.0 Å². The van der Waals surface area contributed by atoms with E-state index in [1.54, 1.807) is 6.20 Å². The molecule has 4 amide bonds. The summed E-state index contributed by atoms with van der Waals surface area (Å²) >= 11 is 0. The van der Waals surface area contributed by atoms with Crippen molar-refractivity contribution in [1.29, 1.82) is 0 Å². The Morgan fingerprint density at radius 3 is 2.52 bits per heavy atom. The number of pyridine rings is 1. The molecule has 238 valence electrons. The van der Waals surface area contributed by atoms with Gasteiger partial charge in [-0.25, -0.2) is 28.1 Å². The van der Waals surface area contributed by atoms with Crippen molar-refractivity contribution in [3.63, 3.8) is 0 Å². The van der Waals surface area contributed by atoms with Crippen LogP contribution in [0.2, 0.25) is 0 Å². The van der Waals surface area contributed by atoms with E-state index in [1.807, 2.05) is 18.2 Å². The number of rotatable bonds is 7. The van der Waals surface area contributed by atoms with Gasteiger partial charge in [-0.3, -0.25) is 9.88 Å². The highest BCUT2D eigenvalue weighted by atomic mass is 35.5. The Labute approximate surface area is 260 Å². The molecule has 44 heavy (non-hydrogen) atoms. The third kappa shape index (κ3) is 6.70. The highest BCUT2D eigenvalue weighted by Gasteiger charge is 2.45. The first-order valence-corrected chi connectivity index (χ1v) is 14.2. The van der Waals surface area contributed by atoms with Crippen LogP contribution in [-0.4, -0.2) is 83.9 Å². The number of likely N-dealkylation sites (tertiary alicyclic amines) is 1. The molecule has 1 saturated carbocycles. The summed E-state index contributed by atoms with van der Waals surface area (Å²) in [6.45, 7) is 1.04. The summed E-state index contributed by atoms with van der Waals surface area (Å²) in [6.07, 6.45) is 4.95. The van der Waals surface area contributed by atoms with Crippen molar-refractivity contribution in [2.75, 3.05) is 33.9 Å². The van der Waals surface area contributed by atoms with Crippen LogP contribution in [0.4, 0.5) is 18.4 Å². The number of esters is 1. The fraction of sp³-hybridized carbons (Fsp3) is 0.467. The van der Waals surface area contributed by atoms with E-state index in [2.05, 4.69) is 20.5 Å². The maximum atomic E-state index is 14.3. The number of aliphatic hydroxyl groups is 1. The van der Waals surface area contributed by atoms with E-state index in [0.717, 1.165) is 37.0 Å². The zero-order valence-corrected chi connectivity index (χ0v) is 25.2. The van der Waals surface area contributed by atoms with Gasteiger partial charge in [0.25, 0.3) is 0 Å². The molecule has 2 fully saturated rings. The van der Waals surface area contributed by atoms with Crippen LogP contribution in [0.3, 0.4) is 0 Å². The summed E-state index contributed by atoms with van der Waals surface area (Å²) in [5.41, 5.74) is -0.374. The van der Waals surface area contributed by atoms with Gasteiger partial charge in [-0.15, -0.1) is 12.4 Å². The smallest absolute Gasteiger partial charge is 0.338 e. The number of hydrogen-bond acceptors (Lipinski definition) is 8. The van der Waals surface area contributed by atoms with Crippen molar-refractivity contribution in [3.05, 3.63) is 76.8 Å². The predicted octanol–water partition coefficient (Wildman–Crippen LogP) is 3.54. The standard InChI is InChI=1S/C30H35F2N5O6.ClH/c1-42-17-23-25(27(38)43-2)26(18-6-7-21(31)22(32)15-18)37(29(40)35-23)28(39)34-19-10-14-36(16-19)20-8-11-30(41,12-9-20)24-5-3-4-13-33-24;/h3-7,13,15,19-20,26,41H,8-12,14,16-17H2,1-2H3,(H,34,39)(H,35,40);1H/t19-,20-,26+,30+;/m1./s1. The average molecular weight is 636 g/mol. The normalized spacial score (nSPS) is 25.7. The number of amides is 4. The van der Waals surface area contributed by atoms with E-state index in [4.69, 9.17) is 9.47 Å². The van der Waals surface area contributed by atoms with E-state index in [-0.39, 0.29) is 47.9 Å². The third-order valence-electron chi connectivity index (χ3n) is 8.49. The Kier molecular flexibility index (Phi) is 10.6. The van der Waals surface area contributed by atoms with E-state index >= 15 is 0 Å². The molecule has 0 unspecified atom stereocenters. The largest absolute Gasteiger partial charge is 0.466 e. The molecular formula is C30H36ClF2N5O6. The molecule has 14 heteroatoms. The Morgan fingerprint density at radius 2 is 1.89 bits per heavy atom. The first kappa shape index (κ1) is 33.2. The summed E-state index contributed by atoms with van der Waals surface area (Å²) < 4.78 is 38.2. The van der Waals surface area contributed by atoms with Gasteiger partial charge in [0.05, 0.1) is 30.7 Å². The maximum Gasteiger partial charge on any atom is 0.338 e. The van der Waals surface area contributed by atoms with Crippen LogP contribution in [-0.2, 0) is 19.9 Å². The number of nitrogens with one attached hydrogen (secondary N) is 2. The van der Waals surface area contributed by atoms with Gasteiger partial charge in [0, 0.05) is 38.5 Å². The molecule has 0 radical (unpaired) electrons. The minimum absolute atomic E-state index is 0. The fourth-order valence-corrected chi connectivity index (χ4v) is 6.30. The van der Waals surface area contributed by atoms with Gasteiger partial charge < -0.3 is 25.2 Å². The summed E-state index contributed by atoms with van der Waals surface area (Å²) in [4.78, 5) is 47.3. The SMILES string of the molecule is COCC1=C(C(=O)OC)[C@H](c2ccc(F)c(F)c2)N(C(=O)N[C@@H]2CCN([C@H]3CC[C@](O)(c4ccccn4)CC3)C2)C(=O)N1.Cl. The molecule has 3 N–H and O–H groups in total. The second-order valence-electron chi connectivity index (χ2n) is 11.1. The fourth-order valence-electron chi connectivity index (χ4n) is 6.30. The second-order valence-corrected chi connectivity index (χ2v) is 11.1. The van der Waals surface area contributed by atoms with Crippen molar-refractivity contribution in [2.45, 2.75) is 55.8 Å². The van der Waals surface area contributed by atoms with Crippen LogP contribution in [0.1, 0.15) is 49.4 Å². The minimum atomic E-state index is -1.40. The average Bonchev–Trinajstić information content (AvgIpc) is 3.47. The molecule has 3 heterocycles. The van der Waals surface area contributed by atoms with Crippen LogP contribution in [0.5, 0.6) is 0 Å². The van der Waals surface area contributed by atoms with Crippen LogP contribution >= 0.6 is 12.4 Å². The molecule has 1 aromatic carbocycles. The predicted molar refractivity (Wildman–Crippen MR) is 157 cm³/mol. The molecule has 2 aliphatic heterocycles. The quantitative estimate of drug-likeness (QED) is 0.394. The van der Waals surface area contributed by atoms with Crippen molar-refractivity contribution >= 4 is 30.4 Å². The maximum absolute atomic E-state index is 14.3. The number of nitrogens with zero attached hydrogens (tertiary/aromatic N) is 3. The van der Waals surface area contributed by atoms with Crippen LogP contribution in [0, 0.1) is 11.6 Å². The van der Waals surface area contributed by atoms with E-state index in [9.17, 15) is 28.3 Å². The van der Waals surface area contributed by atoms with E-state index < -0.39 is 41.3 Å². The van der Waals surface area contributed by atoms with Crippen molar-refractivity contribution in [3.8, 4) is 0 Å². The summed E-state index contributed by atoms with van der Waals surface area (Å²) in [6, 6.07) is 5.28. The number of carbonyl (C=O) groups is 3. The first-order chi connectivity index (χ1) is 20.6. The molecule has 2 atom stereocenters. The second kappa shape index (κ2) is 14.0. The minimum Gasteiger partial charge on any atom is -0.466 e. The van der Waals surface area contributed by atoms with Gasteiger partial charge in [-0.1, -0.05) is 12.1 Å². The zero-order valence-electron chi connectivity index (χ0n) is 24.4. The first-order valence-electron chi connectivity index (χ1n) is 14.2. The Morgan fingerprint density at radius 1 is 1.14 bits per heavy atom. The molecule has 1 aromatic heterocycles. The van der Waals surface area contributed by atoms with E-state index in [0.29, 0.717) is 38.0 Å². The van der Waals surface area contributed by atoms with Gasteiger partial charge in [-0.05, 0) is 61.9 Å². The third-order valence-corrected chi connectivity index (χ3v) is 8.49. The number of methoxy groups -OCH3 is 2. The number of hydrogen-bond donors (Lipinski definition) is 3. The zero-order chi connectivity index (χ0) is 30.7. The molecule has 1 aliphatic carbocycles. The summed E-state index contributed by atoms with van der Waals surface area (Å²) in [5, 5.41) is 16.6. The topological polar surface area (TPSA) is 133 Å². The van der Waals surface area contributed by atoms with Crippen molar-refractivity contribution < 1.29 is 37.7 Å². The lowest BCUT2D eigenvalue weighted by Crippen LogP contribution is -2.57. The number of halogens is 3. The van der Waals surface area contributed by atoms with Crippen molar-refractivity contribution in [1.82, 2.24) is 25.4 Å². The number of urea groups is 2. The van der Waals surface area contributed by atoms with Crippen molar-refractivity contribution in [2.24, 2.45) is 0 Å². The number of benzene rings is 1. The van der Waals surface area contributed by atoms with E-state index in [1.165, 1.54) is 13.2 Å². The molecular weight excluding hydrogens is 600 g/mol. The van der Waals surface area contributed by atoms with Crippen LogP contribution in [0.25, 0.3) is 0 Å². The number of carbonyl (C=O) groups excluding carboxylic acids is 3. The highest BCUT2D eigenvalue weighted by Crippen LogP contribution is 2.39. The van der Waals surface area contributed by atoms with Gasteiger partial charge in [0.2, 0.25) is 0 Å². The van der Waals surface area contributed by atoms with Gasteiger partial charge in [0.1, 0.15) is 11.6 Å². The molecule has 3 aliphatic rings. The van der Waals surface area contributed by atoms with Crippen LogP contribution in [0.15, 0.2) is 53.9 Å². The molecule has 5 rings (SSSR count). The van der Waals surface area contributed by atoms with Gasteiger partial charge in [-0.2, -0.15) is 0 Å². The molecule has 11 nitrogen and oxygen atoms in total. The highest BCUT2D eigenvalue weighted by molar-refractivity contribution is 6.01. The molecule has 1 saturated heterocycles. The molecule has 0 bridgehead atoms. The lowest BCUT2D eigenvalue weighted by molar-refractivity contribution is -0.137. The monoisotopic (exact) mass is 635 g/mol. The Bertz CT molecular complexity index is 1410. The lowest BCUT2D eigenvalue weighted by Gasteiger charge is -2.39. The van der Waals surface area contributed by atoms with Gasteiger partial charge in [0.15, 0.2) is 11.6 Å². The summed E-state index contributed by atoms with van der Waals surface area (Å²) in [7, 11) is 2.50. The number of aromatic nitrogens is 1. The lowest BCUT2D eigenvalue weighted by atomic mass is 9.79. The Hall–Kier alpha value is -3.65. The summed E-state index contributed by atoms with van der Waals surface area (Å²) in [5.74, 6) is -3.18.